The van der Waals surface area contributed by atoms with Crippen LogP contribution in [0.15, 0.2) is 83.9 Å². The van der Waals surface area contributed by atoms with Crippen molar-refractivity contribution in [2.24, 2.45) is 4.99 Å². The minimum absolute atomic E-state index is 0.132. The van der Waals surface area contributed by atoms with E-state index in [0.29, 0.717) is 17.8 Å². The number of nitrogens with zero attached hydrogens (tertiary/aromatic N) is 1. The third-order valence-corrected chi connectivity index (χ3v) is 5.94. The van der Waals surface area contributed by atoms with Crippen molar-refractivity contribution >= 4 is 27.5 Å². The zero-order valence-electron chi connectivity index (χ0n) is 16.2. The van der Waals surface area contributed by atoms with Gasteiger partial charge in [-0.05, 0) is 29.2 Å². The van der Waals surface area contributed by atoms with Gasteiger partial charge in [0.15, 0.2) is 5.78 Å². The lowest BCUT2D eigenvalue weighted by atomic mass is 10.0. The van der Waals surface area contributed by atoms with Crippen molar-refractivity contribution in [1.29, 1.82) is 0 Å². The van der Waals surface area contributed by atoms with Crippen LogP contribution >= 0.6 is 0 Å². The molecule has 0 unspecified atom stereocenters. The topological polar surface area (TPSA) is 87.6 Å². The number of benzene rings is 3. The highest BCUT2D eigenvalue weighted by molar-refractivity contribution is 7.90. The fourth-order valence-electron chi connectivity index (χ4n) is 3.28. The molecule has 7 heteroatoms. The third-order valence-electron chi connectivity index (χ3n) is 4.80. The predicted octanol–water partition coefficient (Wildman–Crippen LogP) is 3.29. The largest absolute Gasteiger partial charge is 0.355 e. The maximum absolute atomic E-state index is 12.5. The van der Waals surface area contributed by atoms with Gasteiger partial charge in [-0.25, -0.2) is 13.4 Å². The van der Waals surface area contributed by atoms with E-state index in [1.54, 1.807) is 12.1 Å². The molecule has 1 heterocycles. The minimum Gasteiger partial charge on any atom is -0.355 e. The summed E-state index contributed by atoms with van der Waals surface area (Å²) < 4.78 is 27.5. The number of para-hydroxylation sites is 1. The molecule has 152 valence electrons. The van der Waals surface area contributed by atoms with Crippen LogP contribution in [-0.4, -0.2) is 32.5 Å². The standard InChI is InChI=1S/C23H21N3O3S/c27-22(20-12-10-18(11-13-20)17-6-2-1-3-7-17)16-30(28,29)26-23-24-15-14-19-8-4-5-9-21(19)25-23/h1-13H,14-16H2,(H2,24,25,26). The van der Waals surface area contributed by atoms with E-state index in [0.717, 1.165) is 23.1 Å². The summed E-state index contributed by atoms with van der Waals surface area (Å²) in [5, 5.41) is 2.97. The maximum Gasteiger partial charge on any atom is 0.242 e. The number of carbonyl (C=O) groups is 1. The number of nitrogens with one attached hydrogen (secondary N) is 2. The van der Waals surface area contributed by atoms with Gasteiger partial charge in [-0.15, -0.1) is 0 Å². The summed E-state index contributed by atoms with van der Waals surface area (Å²) in [6, 6.07) is 24.3. The second kappa shape index (κ2) is 8.51. The Morgan fingerprint density at radius 2 is 1.57 bits per heavy atom. The Kier molecular flexibility index (Phi) is 5.63. The summed E-state index contributed by atoms with van der Waals surface area (Å²) in [4.78, 5) is 16.9. The van der Waals surface area contributed by atoms with Crippen LogP contribution in [0.1, 0.15) is 15.9 Å². The van der Waals surface area contributed by atoms with Crippen molar-refractivity contribution in [1.82, 2.24) is 10.0 Å². The first-order valence-electron chi connectivity index (χ1n) is 9.60. The van der Waals surface area contributed by atoms with E-state index in [2.05, 4.69) is 15.0 Å². The molecule has 6 nitrogen and oxygen atoms in total. The zero-order chi connectivity index (χ0) is 21.0. The number of ketones is 1. The SMILES string of the molecule is O=C(CS(=O)(=O)NC1=Nc2ccccc2CCN1)c1ccc(-c2ccccc2)cc1. The van der Waals surface area contributed by atoms with Gasteiger partial charge in [0.25, 0.3) is 0 Å². The molecule has 0 atom stereocenters. The Morgan fingerprint density at radius 1 is 0.900 bits per heavy atom. The van der Waals surface area contributed by atoms with Gasteiger partial charge in [0.05, 0.1) is 5.69 Å². The van der Waals surface area contributed by atoms with Gasteiger partial charge in [0.1, 0.15) is 5.75 Å². The van der Waals surface area contributed by atoms with Crippen LogP contribution in [0.4, 0.5) is 5.69 Å². The third kappa shape index (κ3) is 4.75. The van der Waals surface area contributed by atoms with Crippen molar-refractivity contribution in [2.75, 3.05) is 12.3 Å². The Morgan fingerprint density at radius 3 is 2.33 bits per heavy atom. The second-order valence-electron chi connectivity index (χ2n) is 6.99. The molecule has 0 aliphatic carbocycles. The molecule has 0 amide bonds. The molecule has 0 saturated carbocycles. The normalized spacial score (nSPS) is 13.4. The molecule has 2 N–H and O–H groups in total. The van der Waals surface area contributed by atoms with E-state index in [1.807, 2.05) is 66.7 Å². The van der Waals surface area contributed by atoms with Crippen LogP contribution in [0, 0.1) is 0 Å². The van der Waals surface area contributed by atoms with Gasteiger partial charge in [-0.1, -0.05) is 72.8 Å². The molecule has 0 fully saturated rings. The van der Waals surface area contributed by atoms with Crippen LogP contribution < -0.4 is 10.0 Å². The summed E-state index contributed by atoms with van der Waals surface area (Å²) in [5.74, 6) is -0.996. The summed E-state index contributed by atoms with van der Waals surface area (Å²) >= 11 is 0. The molecule has 1 aliphatic rings. The van der Waals surface area contributed by atoms with Gasteiger partial charge in [-0.2, -0.15) is 0 Å². The minimum atomic E-state index is -3.90. The Balaban J connectivity index is 1.45. The summed E-state index contributed by atoms with van der Waals surface area (Å²) in [6.07, 6.45) is 0.734. The summed E-state index contributed by atoms with van der Waals surface area (Å²) in [6.45, 7) is 0.549. The molecule has 1 aliphatic heterocycles. The second-order valence-corrected chi connectivity index (χ2v) is 8.72. The zero-order valence-corrected chi connectivity index (χ0v) is 17.0. The van der Waals surface area contributed by atoms with Crippen molar-refractivity contribution in [3.63, 3.8) is 0 Å². The van der Waals surface area contributed by atoms with Crippen LogP contribution in [0.25, 0.3) is 11.1 Å². The molecule has 0 bridgehead atoms. The summed E-state index contributed by atoms with van der Waals surface area (Å²) in [5.41, 5.74) is 4.09. The van der Waals surface area contributed by atoms with E-state index >= 15 is 0 Å². The number of aliphatic imine (C=N–C) groups is 1. The number of fused-ring (bicyclic) bond motifs is 1. The molecule has 0 aromatic heterocycles. The lowest BCUT2D eigenvalue weighted by molar-refractivity contribution is 0.102. The van der Waals surface area contributed by atoms with Crippen LogP contribution in [0.5, 0.6) is 0 Å². The highest BCUT2D eigenvalue weighted by Crippen LogP contribution is 2.21. The first-order chi connectivity index (χ1) is 14.5. The molecular formula is C23H21N3O3S. The molecular weight excluding hydrogens is 398 g/mol. The van der Waals surface area contributed by atoms with Crippen LogP contribution in [-0.2, 0) is 16.4 Å². The maximum atomic E-state index is 12.5. The van der Waals surface area contributed by atoms with Crippen molar-refractivity contribution in [3.8, 4) is 11.1 Å². The predicted molar refractivity (Wildman–Crippen MR) is 118 cm³/mol. The first kappa shape index (κ1) is 19.8. The lowest BCUT2D eigenvalue weighted by Gasteiger charge is -2.10. The number of Topliss-reactive ketones (excluding diaryl/α,β-unsaturated/α-hetero) is 1. The van der Waals surface area contributed by atoms with Crippen LogP contribution in [0.2, 0.25) is 0 Å². The molecule has 30 heavy (non-hydrogen) atoms. The molecule has 3 aromatic carbocycles. The van der Waals surface area contributed by atoms with Gasteiger partial charge in [-0.3, -0.25) is 9.52 Å². The molecule has 4 rings (SSSR count). The molecule has 0 saturated heterocycles. The smallest absolute Gasteiger partial charge is 0.242 e. The number of rotatable bonds is 5. The molecule has 0 spiro atoms. The number of guanidine groups is 1. The number of sulfonamides is 1. The number of hydrogen-bond acceptors (Lipinski definition) is 5. The van der Waals surface area contributed by atoms with Gasteiger partial charge in [0, 0.05) is 12.1 Å². The fourth-order valence-corrected chi connectivity index (χ4v) is 4.28. The molecule has 0 radical (unpaired) electrons. The van der Waals surface area contributed by atoms with Crippen molar-refractivity contribution in [2.45, 2.75) is 6.42 Å². The Hall–Kier alpha value is -3.45. The van der Waals surface area contributed by atoms with Gasteiger partial charge < -0.3 is 5.32 Å². The average molecular weight is 420 g/mol. The number of carbonyl (C=O) groups excluding carboxylic acids is 1. The van der Waals surface area contributed by atoms with Crippen molar-refractivity contribution < 1.29 is 13.2 Å². The van der Waals surface area contributed by atoms with E-state index in [-0.39, 0.29) is 5.96 Å². The average Bonchev–Trinajstić information content (AvgIpc) is 2.95. The Bertz CT molecular complexity index is 1190. The lowest BCUT2D eigenvalue weighted by Crippen LogP contribution is -2.43. The monoisotopic (exact) mass is 419 g/mol. The van der Waals surface area contributed by atoms with E-state index < -0.39 is 21.6 Å². The fraction of sp³-hybridized carbons (Fsp3) is 0.130. The highest BCUT2D eigenvalue weighted by Gasteiger charge is 2.21. The van der Waals surface area contributed by atoms with Crippen molar-refractivity contribution in [3.05, 3.63) is 90.0 Å². The van der Waals surface area contributed by atoms with E-state index in [1.165, 1.54) is 0 Å². The summed E-state index contributed by atoms with van der Waals surface area (Å²) in [7, 11) is -3.90. The number of hydrogen-bond donors (Lipinski definition) is 2. The Labute approximate surface area is 175 Å². The highest BCUT2D eigenvalue weighted by atomic mass is 32.2. The van der Waals surface area contributed by atoms with Gasteiger partial charge >= 0.3 is 0 Å². The first-order valence-corrected chi connectivity index (χ1v) is 11.2. The molecule has 3 aromatic rings. The van der Waals surface area contributed by atoms with E-state index in [9.17, 15) is 13.2 Å². The van der Waals surface area contributed by atoms with Gasteiger partial charge in [0.2, 0.25) is 16.0 Å². The quantitative estimate of drug-likeness (QED) is 0.621. The van der Waals surface area contributed by atoms with E-state index in [4.69, 9.17) is 0 Å². The van der Waals surface area contributed by atoms with Crippen LogP contribution in [0.3, 0.4) is 0 Å².